The number of hydrogen-bond acceptors (Lipinski definition) is 7. The Kier molecular flexibility index (Phi) is 13.3. The van der Waals surface area contributed by atoms with Crippen LogP contribution in [0.4, 0.5) is 0 Å². The van der Waals surface area contributed by atoms with Gasteiger partial charge in [-0.1, -0.05) is 38.1 Å². The van der Waals surface area contributed by atoms with Gasteiger partial charge in [-0.05, 0) is 41.5 Å². The fourth-order valence-corrected chi connectivity index (χ4v) is 2.93. The van der Waals surface area contributed by atoms with Gasteiger partial charge < -0.3 is 41.6 Å². The van der Waals surface area contributed by atoms with Gasteiger partial charge in [0, 0.05) is 56.1 Å². The average molecular weight is 661 g/mol. The monoisotopic (exact) mass is 660 g/mol. The summed E-state index contributed by atoms with van der Waals surface area (Å²) in [5, 5.41) is 37.2. The summed E-state index contributed by atoms with van der Waals surface area (Å²) in [7, 11) is 0. The number of benzene rings is 2. The van der Waals surface area contributed by atoms with Gasteiger partial charge in [0.25, 0.3) is 0 Å². The van der Waals surface area contributed by atoms with E-state index in [0.29, 0.717) is 11.5 Å². The molecule has 3 atom stereocenters. The van der Waals surface area contributed by atoms with Crippen LogP contribution in [0.15, 0.2) is 48.5 Å². The van der Waals surface area contributed by atoms with Gasteiger partial charge >= 0.3 is 0 Å². The van der Waals surface area contributed by atoms with Crippen molar-refractivity contribution in [2.45, 2.75) is 37.6 Å². The molecule has 7 nitrogen and oxygen atoms in total. The molecule has 2 aromatic carbocycles. The summed E-state index contributed by atoms with van der Waals surface area (Å²) in [6.07, 6.45) is -2.51. The number of aliphatic hydroxyl groups excluding tert-OH is 4. The zero-order chi connectivity index (χ0) is 22.9. The van der Waals surface area contributed by atoms with Crippen LogP contribution in [0.25, 0.3) is 0 Å². The summed E-state index contributed by atoms with van der Waals surface area (Å²) in [5.74, 6) is 1.27. The van der Waals surface area contributed by atoms with E-state index in [1.54, 1.807) is 0 Å². The van der Waals surface area contributed by atoms with Crippen molar-refractivity contribution < 1.29 is 78.7 Å². The number of hydrogen-bond donors (Lipinski definition) is 4. The Morgan fingerprint density at radius 2 is 1.19 bits per heavy atom. The van der Waals surface area contributed by atoms with Crippen molar-refractivity contribution in [1.82, 2.24) is 0 Å². The second-order valence-electron chi connectivity index (χ2n) is 7.98. The van der Waals surface area contributed by atoms with Gasteiger partial charge in [0.15, 0.2) is 0 Å². The van der Waals surface area contributed by atoms with E-state index in [1.165, 1.54) is 0 Å². The molecule has 175 valence electrons. The SMILES string of the molecule is [Ac].[CH2-]C(O)COCC(O)COc1ccc(C(C)(C)c2ccc(OCC(O)CO)cc2)cc1. The van der Waals surface area contributed by atoms with Crippen LogP contribution in [0.2, 0.25) is 0 Å². The topological polar surface area (TPSA) is 109 Å². The van der Waals surface area contributed by atoms with Crippen LogP contribution in [-0.2, 0) is 10.2 Å². The smallest absolute Gasteiger partial charge is 0.119 e. The molecular formula is C24H33AcO7-. The van der Waals surface area contributed by atoms with Crippen LogP contribution in [-0.4, -0.2) is 71.8 Å². The maximum Gasteiger partial charge on any atom is 0.119 e. The minimum atomic E-state index is -0.896. The van der Waals surface area contributed by atoms with Crippen LogP contribution >= 0.6 is 0 Å². The molecule has 8 heteroatoms. The minimum absolute atomic E-state index is 0. The molecule has 0 saturated heterocycles. The van der Waals surface area contributed by atoms with E-state index in [-0.39, 0.29) is 82.5 Å². The van der Waals surface area contributed by atoms with Gasteiger partial charge in [-0.3, -0.25) is 0 Å². The van der Waals surface area contributed by atoms with E-state index in [4.69, 9.17) is 24.4 Å². The van der Waals surface area contributed by atoms with E-state index in [9.17, 15) is 10.2 Å². The molecule has 0 aliphatic carbocycles. The Bertz CT molecular complexity index is 763. The number of aliphatic hydroxyl groups is 4. The van der Waals surface area contributed by atoms with E-state index in [1.807, 2.05) is 48.5 Å². The molecule has 0 amide bonds. The normalized spacial score (nSPS) is 14.2. The Labute approximate surface area is 225 Å². The first-order chi connectivity index (χ1) is 14.7. The molecule has 0 fully saturated rings. The molecule has 0 saturated carbocycles. The fourth-order valence-electron chi connectivity index (χ4n) is 2.93. The van der Waals surface area contributed by atoms with Gasteiger partial charge in [0.2, 0.25) is 0 Å². The number of rotatable bonds is 13. The maximum atomic E-state index is 9.87. The minimum Gasteiger partial charge on any atom is -0.491 e. The molecule has 32 heavy (non-hydrogen) atoms. The first-order valence-electron chi connectivity index (χ1n) is 10.2. The molecular weight excluding hydrogens is 627 g/mol. The van der Waals surface area contributed by atoms with Gasteiger partial charge in [-0.25, -0.2) is 0 Å². The third kappa shape index (κ3) is 9.64. The third-order valence-corrected chi connectivity index (χ3v) is 4.87. The van der Waals surface area contributed by atoms with E-state index >= 15 is 0 Å². The van der Waals surface area contributed by atoms with Crippen LogP contribution in [0.5, 0.6) is 11.5 Å². The Morgan fingerprint density at radius 3 is 1.59 bits per heavy atom. The molecule has 0 aliphatic heterocycles. The van der Waals surface area contributed by atoms with Crippen molar-refractivity contribution in [3.8, 4) is 11.5 Å². The summed E-state index contributed by atoms with van der Waals surface area (Å²) in [6, 6.07) is 15.3. The average Bonchev–Trinajstić information content (AvgIpc) is 2.76. The molecule has 0 bridgehead atoms. The van der Waals surface area contributed by atoms with E-state index in [0.717, 1.165) is 11.1 Å². The largest absolute Gasteiger partial charge is 0.491 e. The third-order valence-electron chi connectivity index (χ3n) is 4.87. The predicted molar refractivity (Wildman–Crippen MR) is 117 cm³/mol. The Balaban J connectivity index is 0.00000512. The van der Waals surface area contributed by atoms with Crippen molar-refractivity contribution in [2.24, 2.45) is 0 Å². The van der Waals surface area contributed by atoms with Crippen molar-refractivity contribution in [3.63, 3.8) is 0 Å². The molecule has 1 radical (unpaired) electrons. The summed E-state index contributed by atoms with van der Waals surface area (Å²) >= 11 is 0. The first kappa shape index (κ1) is 29.3. The van der Waals surface area contributed by atoms with Crippen LogP contribution in [0.3, 0.4) is 0 Å². The van der Waals surface area contributed by atoms with Gasteiger partial charge in [0.1, 0.15) is 36.9 Å². The molecule has 2 aromatic rings. The van der Waals surface area contributed by atoms with E-state index < -0.39 is 18.3 Å². The van der Waals surface area contributed by atoms with Gasteiger partial charge in [0.05, 0.1) is 13.2 Å². The van der Waals surface area contributed by atoms with Gasteiger partial charge in [-0.15, -0.1) is 0 Å². The van der Waals surface area contributed by atoms with Crippen molar-refractivity contribution in [2.75, 3.05) is 33.0 Å². The van der Waals surface area contributed by atoms with Crippen molar-refractivity contribution >= 4 is 0 Å². The second-order valence-corrected chi connectivity index (χ2v) is 7.98. The molecule has 3 unspecified atom stereocenters. The molecule has 0 spiro atoms. The molecule has 4 N–H and O–H groups in total. The summed E-state index contributed by atoms with van der Waals surface area (Å²) in [6.45, 7) is 7.56. The van der Waals surface area contributed by atoms with Crippen LogP contribution in [0.1, 0.15) is 25.0 Å². The van der Waals surface area contributed by atoms with Crippen molar-refractivity contribution in [1.29, 1.82) is 0 Å². The molecule has 0 aliphatic rings. The zero-order valence-electron chi connectivity index (χ0n) is 18.7. The molecule has 0 heterocycles. The van der Waals surface area contributed by atoms with Crippen LogP contribution in [0, 0.1) is 51.0 Å². The standard InChI is InChI=1S/C24H33O7.Ac/c1-17(26)13-29-14-21(28)16-31-23-10-6-19(7-11-23)24(2,3)18-4-8-22(9-5-18)30-15-20(27)12-25;/h4-11,17,20-21,25-28H,1,12-16H2,2-3H3;/q-1;. The molecule has 0 aromatic heterocycles. The maximum absolute atomic E-state index is 9.87. The van der Waals surface area contributed by atoms with E-state index in [2.05, 4.69) is 20.8 Å². The summed E-state index contributed by atoms with van der Waals surface area (Å²) < 4.78 is 16.2. The van der Waals surface area contributed by atoms with Gasteiger partial charge in [-0.2, -0.15) is 0 Å². The van der Waals surface area contributed by atoms with Crippen LogP contribution < -0.4 is 9.47 Å². The Hall–Kier alpha value is -0.718. The van der Waals surface area contributed by atoms with Crippen molar-refractivity contribution in [3.05, 3.63) is 66.6 Å². The first-order valence-corrected chi connectivity index (χ1v) is 10.2. The Morgan fingerprint density at radius 1 is 0.750 bits per heavy atom. The number of ether oxygens (including phenoxy) is 3. The second kappa shape index (κ2) is 14.5. The fraction of sp³-hybridized carbons (Fsp3) is 0.458. The molecule has 2 rings (SSSR count). The quantitative estimate of drug-likeness (QED) is 0.243. The summed E-state index contributed by atoms with van der Waals surface area (Å²) in [5.41, 5.74) is 1.93. The summed E-state index contributed by atoms with van der Waals surface area (Å²) in [4.78, 5) is 0. The zero-order valence-corrected chi connectivity index (χ0v) is 23.4. The predicted octanol–water partition coefficient (Wildman–Crippen LogP) is 1.70.